The molecule has 1 aromatic heterocycles. The van der Waals surface area contributed by atoms with E-state index in [1.54, 1.807) is 6.20 Å². The Morgan fingerprint density at radius 3 is 2.62 bits per heavy atom. The molecule has 0 aromatic carbocycles. The number of nitrogens with one attached hydrogen (secondary N) is 1. The van der Waals surface area contributed by atoms with Gasteiger partial charge in [-0.3, -0.25) is 4.90 Å². The highest BCUT2D eigenvalue weighted by molar-refractivity contribution is 6.31. The van der Waals surface area contributed by atoms with Crippen molar-refractivity contribution in [3.8, 4) is 0 Å². The van der Waals surface area contributed by atoms with Crippen molar-refractivity contribution in [2.75, 3.05) is 65.3 Å². The van der Waals surface area contributed by atoms with Crippen LogP contribution in [0.25, 0.3) is 0 Å². The molecule has 1 aliphatic heterocycles. The topological polar surface area (TPSA) is 34.6 Å². The van der Waals surface area contributed by atoms with Crippen LogP contribution in [-0.4, -0.2) is 75.2 Å². The smallest absolute Gasteiger partial charge is 0.128 e. The molecular weight excluding hydrogens is 286 g/mol. The second kappa shape index (κ2) is 7.94. The largest absolute Gasteiger partial charge is 0.354 e. The van der Waals surface area contributed by atoms with E-state index in [1.807, 2.05) is 7.05 Å². The first-order valence-corrected chi connectivity index (χ1v) is 7.89. The third-order valence-corrected chi connectivity index (χ3v) is 4.19. The third-order valence-electron chi connectivity index (χ3n) is 3.85. The summed E-state index contributed by atoms with van der Waals surface area (Å²) >= 11 is 6.17. The van der Waals surface area contributed by atoms with Gasteiger partial charge in [-0.25, -0.2) is 4.98 Å². The van der Waals surface area contributed by atoms with Crippen LogP contribution in [0, 0.1) is 0 Å². The zero-order valence-electron chi connectivity index (χ0n) is 13.3. The molecule has 1 saturated heterocycles. The lowest BCUT2D eigenvalue weighted by molar-refractivity contribution is 0.229. The molecule has 0 aliphatic carbocycles. The molecule has 0 spiro atoms. The van der Waals surface area contributed by atoms with Crippen LogP contribution in [0.1, 0.15) is 5.56 Å². The van der Waals surface area contributed by atoms with Crippen molar-refractivity contribution in [3.63, 3.8) is 0 Å². The van der Waals surface area contributed by atoms with E-state index < -0.39 is 0 Å². The molecule has 1 aliphatic rings. The fraction of sp³-hybridized carbons (Fsp3) is 0.667. The Kier molecular flexibility index (Phi) is 6.23. The van der Waals surface area contributed by atoms with Crippen molar-refractivity contribution in [1.29, 1.82) is 0 Å². The fourth-order valence-electron chi connectivity index (χ4n) is 2.51. The van der Waals surface area contributed by atoms with Gasteiger partial charge in [-0.1, -0.05) is 11.6 Å². The number of piperazine rings is 1. The zero-order valence-corrected chi connectivity index (χ0v) is 14.0. The molecule has 0 atom stereocenters. The highest BCUT2D eigenvalue weighted by Crippen LogP contribution is 2.21. The maximum Gasteiger partial charge on any atom is 0.128 e. The van der Waals surface area contributed by atoms with E-state index in [0.29, 0.717) is 0 Å². The number of likely N-dealkylation sites (N-methyl/N-ethyl adjacent to an activating group) is 1. The van der Waals surface area contributed by atoms with Crippen LogP contribution in [0.15, 0.2) is 12.3 Å². The van der Waals surface area contributed by atoms with Gasteiger partial charge in [0.25, 0.3) is 0 Å². The summed E-state index contributed by atoms with van der Waals surface area (Å²) in [4.78, 5) is 11.6. The Morgan fingerprint density at radius 2 is 2.00 bits per heavy atom. The summed E-state index contributed by atoms with van der Waals surface area (Å²) < 4.78 is 0. The average Bonchev–Trinajstić information content (AvgIpc) is 2.48. The minimum Gasteiger partial charge on any atom is -0.354 e. The normalized spacial score (nSPS) is 16.7. The van der Waals surface area contributed by atoms with Crippen LogP contribution in [0.5, 0.6) is 0 Å². The Bertz CT molecular complexity index is 444. The summed E-state index contributed by atoms with van der Waals surface area (Å²) in [7, 11) is 6.17. The lowest BCUT2D eigenvalue weighted by atomic mass is 10.2. The summed E-state index contributed by atoms with van der Waals surface area (Å²) in [6.07, 6.45) is 1.77. The first-order valence-electron chi connectivity index (χ1n) is 7.51. The van der Waals surface area contributed by atoms with E-state index in [-0.39, 0.29) is 0 Å². The van der Waals surface area contributed by atoms with Gasteiger partial charge in [0.2, 0.25) is 0 Å². The van der Waals surface area contributed by atoms with Gasteiger partial charge in [0.1, 0.15) is 5.82 Å². The molecule has 2 rings (SSSR count). The van der Waals surface area contributed by atoms with E-state index >= 15 is 0 Å². The number of pyridine rings is 1. The molecule has 0 bridgehead atoms. The Hall–Kier alpha value is -0.880. The predicted molar refractivity (Wildman–Crippen MR) is 89.2 cm³/mol. The van der Waals surface area contributed by atoms with Crippen LogP contribution in [0.2, 0.25) is 5.02 Å². The van der Waals surface area contributed by atoms with Crippen LogP contribution in [0.3, 0.4) is 0 Å². The summed E-state index contributed by atoms with van der Waals surface area (Å²) in [6.45, 7) is 7.28. The second-order valence-electron chi connectivity index (χ2n) is 5.80. The van der Waals surface area contributed by atoms with Crippen molar-refractivity contribution in [2.24, 2.45) is 0 Å². The Balaban J connectivity index is 1.91. The van der Waals surface area contributed by atoms with Gasteiger partial charge in [0.15, 0.2) is 0 Å². The monoisotopic (exact) mass is 311 g/mol. The fourth-order valence-corrected chi connectivity index (χ4v) is 2.68. The molecule has 0 radical (unpaired) electrons. The predicted octanol–water partition coefficient (Wildman–Crippen LogP) is 1.14. The first kappa shape index (κ1) is 16.5. The Labute approximate surface area is 132 Å². The molecule has 1 fully saturated rings. The van der Waals surface area contributed by atoms with Gasteiger partial charge >= 0.3 is 0 Å². The highest BCUT2D eigenvalue weighted by atomic mass is 35.5. The van der Waals surface area contributed by atoms with Crippen LogP contribution < -0.4 is 10.2 Å². The average molecular weight is 312 g/mol. The van der Waals surface area contributed by atoms with Gasteiger partial charge < -0.3 is 15.1 Å². The number of aromatic nitrogens is 1. The van der Waals surface area contributed by atoms with E-state index in [9.17, 15) is 0 Å². The van der Waals surface area contributed by atoms with Crippen molar-refractivity contribution in [2.45, 2.75) is 6.54 Å². The zero-order chi connectivity index (χ0) is 15.2. The van der Waals surface area contributed by atoms with Crippen LogP contribution >= 0.6 is 11.6 Å². The van der Waals surface area contributed by atoms with Crippen molar-refractivity contribution in [3.05, 3.63) is 22.8 Å². The number of hydrogen-bond acceptors (Lipinski definition) is 5. The standard InChI is InChI=1S/C15H26ClN5/c1-17-11-13-10-15(18-12-14(13)16)21-8-6-20(7-9-21)5-4-19(2)3/h10,12,17H,4-9,11H2,1-3H3. The molecule has 21 heavy (non-hydrogen) atoms. The van der Waals surface area contributed by atoms with E-state index in [2.05, 4.69) is 45.2 Å². The number of anilines is 1. The van der Waals surface area contributed by atoms with Crippen molar-refractivity contribution >= 4 is 17.4 Å². The van der Waals surface area contributed by atoms with Gasteiger partial charge in [-0.2, -0.15) is 0 Å². The van der Waals surface area contributed by atoms with Gasteiger partial charge in [0, 0.05) is 52.0 Å². The number of rotatable bonds is 6. The molecule has 1 aromatic rings. The molecule has 0 amide bonds. The maximum absolute atomic E-state index is 6.17. The molecule has 1 N–H and O–H groups in total. The van der Waals surface area contributed by atoms with Gasteiger partial charge in [-0.05, 0) is 32.8 Å². The lowest BCUT2D eigenvalue weighted by Gasteiger charge is -2.36. The molecule has 0 saturated carbocycles. The lowest BCUT2D eigenvalue weighted by Crippen LogP contribution is -2.48. The van der Waals surface area contributed by atoms with E-state index in [1.165, 1.54) is 0 Å². The minimum atomic E-state index is 0.734. The minimum absolute atomic E-state index is 0.734. The molecule has 118 valence electrons. The number of halogens is 1. The van der Waals surface area contributed by atoms with Gasteiger partial charge in [-0.15, -0.1) is 0 Å². The molecule has 0 unspecified atom stereocenters. The van der Waals surface area contributed by atoms with Gasteiger partial charge in [0.05, 0.1) is 5.02 Å². The first-order chi connectivity index (χ1) is 10.1. The van der Waals surface area contributed by atoms with Crippen LogP contribution in [-0.2, 0) is 6.54 Å². The summed E-state index contributed by atoms with van der Waals surface area (Å²) in [6, 6.07) is 2.11. The summed E-state index contributed by atoms with van der Waals surface area (Å²) in [5.74, 6) is 1.04. The molecular formula is C15H26ClN5. The summed E-state index contributed by atoms with van der Waals surface area (Å²) in [5.41, 5.74) is 1.11. The van der Waals surface area contributed by atoms with Crippen LogP contribution in [0.4, 0.5) is 5.82 Å². The number of nitrogens with zero attached hydrogens (tertiary/aromatic N) is 4. The van der Waals surface area contributed by atoms with Crippen molar-refractivity contribution < 1.29 is 0 Å². The summed E-state index contributed by atoms with van der Waals surface area (Å²) in [5, 5.41) is 3.88. The highest BCUT2D eigenvalue weighted by Gasteiger charge is 2.18. The maximum atomic E-state index is 6.17. The van der Waals surface area contributed by atoms with E-state index in [4.69, 9.17) is 11.6 Å². The molecule has 5 nitrogen and oxygen atoms in total. The number of hydrogen-bond donors (Lipinski definition) is 1. The van der Waals surface area contributed by atoms with Crippen molar-refractivity contribution in [1.82, 2.24) is 20.1 Å². The Morgan fingerprint density at radius 1 is 1.29 bits per heavy atom. The second-order valence-corrected chi connectivity index (χ2v) is 6.20. The quantitative estimate of drug-likeness (QED) is 0.852. The van der Waals surface area contributed by atoms with E-state index in [0.717, 1.165) is 62.2 Å². The third kappa shape index (κ3) is 4.81. The SMILES string of the molecule is CNCc1cc(N2CCN(CCN(C)C)CC2)ncc1Cl. The molecule has 2 heterocycles. The molecule has 6 heteroatoms.